The molecule has 2 aromatic carbocycles. The van der Waals surface area contributed by atoms with E-state index in [1.807, 2.05) is 12.1 Å². The number of benzene rings is 2. The van der Waals surface area contributed by atoms with Gasteiger partial charge in [0.15, 0.2) is 0 Å². The third kappa shape index (κ3) is 3.01. The maximum atomic E-state index is 5.96. The molecule has 0 saturated carbocycles. The molecule has 1 heterocycles. The van der Waals surface area contributed by atoms with Crippen molar-refractivity contribution in [3.05, 3.63) is 56.5 Å². The summed E-state index contributed by atoms with van der Waals surface area (Å²) in [5.41, 5.74) is 3.67. The van der Waals surface area contributed by atoms with Crippen molar-refractivity contribution in [2.75, 3.05) is 11.9 Å². The summed E-state index contributed by atoms with van der Waals surface area (Å²) >= 11 is 7.01. The van der Waals surface area contributed by atoms with E-state index in [0.717, 1.165) is 33.3 Å². The van der Waals surface area contributed by atoms with Crippen molar-refractivity contribution in [3.8, 4) is 5.75 Å². The van der Waals surface area contributed by atoms with Crippen molar-refractivity contribution in [1.29, 1.82) is 0 Å². The average Bonchev–Trinajstić information content (AvgIpc) is 2.81. The Morgan fingerprint density at radius 3 is 2.75 bits per heavy atom. The molecule has 0 saturated heterocycles. The summed E-state index contributed by atoms with van der Waals surface area (Å²) in [5.74, 6) is 1.01. The first-order chi connectivity index (χ1) is 9.61. The zero-order chi connectivity index (χ0) is 14.1. The monoisotopic (exact) mass is 395 g/mol. The second-order valence-electron chi connectivity index (χ2n) is 5.04. The maximum absolute atomic E-state index is 5.96. The molecule has 104 valence electrons. The van der Waals surface area contributed by atoms with Crippen molar-refractivity contribution in [1.82, 2.24) is 0 Å². The molecule has 20 heavy (non-hydrogen) atoms. The van der Waals surface area contributed by atoms with Crippen LogP contribution in [0.25, 0.3) is 0 Å². The minimum absolute atomic E-state index is 0.192. The molecule has 1 aliphatic heterocycles. The Balaban J connectivity index is 1.65. The van der Waals surface area contributed by atoms with Crippen LogP contribution < -0.4 is 10.1 Å². The van der Waals surface area contributed by atoms with Crippen LogP contribution in [0, 0.1) is 6.92 Å². The molecule has 0 bridgehead atoms. The van der Waals surface area contributed by atoms with Crippen LogP contribution in [-0.2, 0) is 6.42 Å². The number of halogens is 2. The van der Waals surface area contributed by atoms with Gasteiger partial charge in [-0.1, -0.05) is 37.9 Å². The fourth-order valence-electron chi connectivity index (χ4n) is 2.41. The smallest absolute Gasteiger partial charge is 0.123 e. The van der Waals surface area contributed by atoms with Crippen LogP contribution in [0.3, 0.4) is 0 Å². The van der Waals surface area contributed by atoms with Gasteiger partial charge >= 0.3 is 0 Å². The van der Waals surface area contributed by atoms with Crippen LogP contribution in [0.1, 0.15) is 11.1 Å². The van der Waals surface area contributed by atoms with Gasteiger partial charge in [0.2, 0.25) is 0 Å². The van der Waals surface area contributed by atoms with Gasteiger partial charge in [0, 0.05) is 21.1 Å². The van der Waals surface area contributed by atoms with Crippen molar-refractivity contribution >= 4 is 37.5 Å². The van der Waals surface area contributed by atoms with Gasteiger partial charge in [0.1, 0.15) is 11.9 Å². The lowest BCUT2D eigenvalue weighted by Crippen LogP contribution is -2.24. The Kier molecular flexibility index (Phi) is 4.03. The summed E-state index contributed by atoms with van der Waals surface area (Å²) in [7, 11) is 0. The summed E-state index contributed by atoms with van der Waals surface area (Å²) in [6.07, 6.45) is 1.15. The minimum Gasteiger partial charge on any atom is -0.488 e. The minimum atomic E-state index is 0.192. The Hall–Kier alpha value is -1.00. The number of nitrogens with one attached hydrogen (secondary N) is 1. The van der Waals surface area contributed by atoms with E-state index in [-0.39, 0.29) is 6.10 Å². The number of fused-ring (bicyclic) bond motifs is 1. The molecular formula is C16H15Br2NO. The van der Waals surface area contributed by atoms with E-state index in [1.165, 1.54) is 11.1 Å². The number of ether oxygens (including phenoxy) is 1. The van der Waals surface area contributed by atoms with Crippen molar-refractivity contribution < 1.29 is 4.74 Å². The summed E-state index contributed by atoms with van der Waals surface area (Å²) in [6, 6.07) is 12.5. The third-order valence-corrected chi connectivity index (χ3v) is 4.47. The van der Waals surface area contributed by atoms with Gasteiger partial charge in [0.25, 0.3) is 0 Å². The quantitative estimate of drug-likeness (QED) is 0.793. The van der Waals surface area contributed by atoms with Crippen LogP contribution in [0.4, 0.5) is 5.69 Å². The van der Waals surface area contributed by atoms with Crippen molar-refractivity contribution in [2.45, 2.75) is 19.4 Å². The second-order valence-corrected chi connectivity index (χ2v) is 6.87. The first-order valence-electron chi connectivity index (χ1n) is 6.57. The molecule has 0 fully saturated rings. The summed E-state index contributed by atoms with van der Waals surface area (Å²) in [5, 5.41) is 3.48. The number of hydrogen-bond donors (Lipinski definition) is 1. The molecule has 1 atom stereocenters. The second kappa shape index (κ2) is 5.78. The molecule has 1 aliphatic rings. The van der Waals surface area contributed by atoms with E-state index < -0.39 is 0 Å². The van der Waals surface area contributed by atoms with Crippen LogP contribution in [0.2, 0.25) is 0 Å². The van der Waals surface area contributed by atoms with Gasteiger partial charge in [-0.25, -0.2) is 0 Å². The highest BCUT2D eigenvalue weighted by Gasteiger charge is 2.22. The van der Waals surface area contributed by atoms with E-state index in [9.17, 15) is 0 Å². The Labute approximate surface area is 135 Å². The highest BCUT2D eigenvalue weighted by atomic mass is 79.9. The third-order valence-electron chi connectivity index (χ3n) is 3.48. The summed E-state index contributed by atoms with van der Waals surface area (Å²) in [4.78, 5) is 0. The molecule has 0 aromatic heterocycles. The standard InChI is InChI=1S/C16H15Br2NO/c1-10-2-3-13(18)8-15(10)19-9-14-7-11-6-12(17)4-5-16(11)20-14/h2-6,8,14,19H,7,9H2,1H3. The SMILES string of the molecule is Cc1ccc(Br)cc1NCC1Cc2cc(Br)ccc2O1. The van der Waals surface area contributed by atoms with Gasteiger partial charge in [-0.3, -0.25) is 0 Å². The van der Waals surface area contributed by atoms with Crippen molar-refractivity contribution in [3.63, 3.8) is 0 Å². The average molecular weight is 397 g/mol. The van der Waals surface area contributed by atoms with E-state index >= 15 is 0 Å². The van der Waals surface area contributed by atoms with Crippen molar-refractivity contribution in [2.24, 2.45) is 0 Å². The van der Waals surface area contributed by atoms with E-state index in [2.05, 4.69) is 68.4 Å². The molecule has 0 spiro atoms. The Bertz CT molecular complexity index is 642. The molecule has 3 rings (SSSR count). The lowest BCUT2D eigenvalue weighted by Gasteiger charge is -2.14. The fraction of sp³-hybridized carbons (Fsp3) is 0.250. The zero-order valence-corrected chi connectivity index (χ0v) is 14.3. The predicted molar refractivity (Wildman–Crippen MR) is 89.6 cm³/mol. The lowest BCUT2D eigenvalue weighted by atomic mass is 10.1. The highest BCUT2D eigenvalue weighted by molar-refractivity contribution is 9.10. The maximum Gasteiger partial charge on any atom is 0.123 e. The number of anilines is 1. The normalized spacial score (nSPS) is 16.6. The fourth-order valence-corrected chi connectivity index (χ4v) is 3.18. The molecular weight excluding hydrogens is 382 g/mol. The highest BCUT2D eigenvalue weighted by Crippen LogP contribution is 2.31. The first kappa shape index (κ1) is 14.0. The van der Waals surface area contributed by atoms with Crippen LogP contribution >= 0.6 is 31.9 Å². The molecule has 0 radical (unpaired) electrons. The Morgan fingerprint density at radius 2 is 1.90 bits per heavy atom. The van der Waals surface area contributed by atoms with Gasteiger partial charge in [-0.2, -0.15) is 0 Å². The van der Waals surface area contributed by atoms with E-state index in [1.54, 1.807) is 0 Å². The molecule has 2 aromatic rings. The van der Waals surface area contributed by atoms with Crippen LogP contribution in [-0.4, -0.2) is 12.6 Å². The van der Waals surface area contributed by atoms with Crippen LogP contribution in [0.5, 0.6) is 5.75 Å². The van der Waals surface area contributed by atoms with Gasteiger partial charge in [-0.05, 0) is 48.4 Å². The Morgan fingerprint density at radius 1 is 1.15 bits per heavy atom. The van der Waals surface area contributed by atoms with E-state index in [0.29, 0.717) is 0 Å². The topological polar surface area (TPSA) is 21.3 Å². The predicted octanol–water partition coefficient (Wildman–Crippen LogP) is 4.94. The van der Waals surface area contributed by atoms with Crippen LogP contribution in [0.15, 0.2) is 45.3 Å². The van der Waals surface area contributed by atoms with Gasteiger partial charge in [-0.15, -0.1) is 0 Å². The summed E-state index contributed by atoms with van der Waals surface area (Å²) in [6.45, 7) is 2.92. The van der Waals surface area contributed by atoms with Gasteiger partial charge < -0.3 is 10.1 Å². The molecule has 2 nitrogen and oxygen atoms in total. The van der Waals surface area contributed by atoms with Gasteiger partial charge in [0.05, 0.1) is 6.54 Å². The summed E-state index contributed by atoms with van der Waals surface area (Å²) < 4.78 is 8.15. The lowest BCUT2D eigenvalue weighted by molar-refractivity contribution is 0.246. The molecule has 4 heteroatoms. The number of rotatable bonds is 3. The number of hydrogen-bond acceptors (Lipinski definition) is 2. The molecule has 1 unspecified atom stereocenters. The zero-order valence-electron chi connectivity index (χ0n) is 11.1. The number of aryl methyl sites for hydroxylation is 1. The molecule has 0 aliphatic carbocycles. The molecule has 0 amide bonds. The van der Waals surface area contributed by atoms with E-state index in [4.69, 9.17) is 4.74 Å². The largest absolute Gasteiger partial charge is 0.488 e. The molecule has 1 N–H and O–H groups in total. The first-order valence-corrected chi connectivity index (χ1v) is 8.15.